The number of hydrogen-bond donors (Lipinski definition) is 3. The summed E-state index contributed by atoms with van der Waals surface area (Å²) in [6.45, 7) is 4.44. The minimum absolute atomic E-state index is 0.154. The van der Waals surface area contributed by atoms with Gasteiger partial charge in [-0.25, -0.2) is 4.79 Å². The fourth-order valence-electron chi connectivity index (χ4n) is 1.80. The highest BCUT2D eigenvalue weighted by Crippen LogP contribution is 2.05. The molecule has 1 aliphatic heterocycles. The van der Waals surface area contributed by atoms with E-state index in [1.54, 1.807) is 0 Å². The monoisotopic (exact) mass is 242 g/mol. The third-order valence-electron chi connectivity index (χ3n) is 2.74. The van der Waals surface area contributed by atoms with E-state index in [2.05, 4.69) is 10.6 Å². The molecule has 6 heteroatoms. The van der Waals surface area contributed by atoms with Crippen LogP contribution in [0.3, 0.4) is 0 Å². The molecule has 0 aromatic heterocycles. The summed E-state index contributed by atoms with van der Waals surface area (Å²) < 4.78 is 0. The maximum atomic E-state index is 11.5. The van der Waals surface area contributed by atoms with Crippen LogP contribution in [0.4, 0.5) is 4.79 Å². The van der Waals surface area contributed by atoms with Crippen LogP contribution in [0.2, 0.25) is 0 Å². The number of carbonyl (C=O) groups excluding carboxylic acids is 2. The normalized spacial score (nSPS) is 20.2. The number of likely N-dealkylation sites (tertiary alicyclic amines) is 1. The molecule has 3 amide bonds. The maximum absolute atomic E-state index is 11.5. The zero-order valence-corrected chi connectivity index (χ0v) is 10.4. The number of hydrogen-bond acceptors (Lipinski definition) is 4. The fourth-order valence-corrected chi connectivity index (χ4v) is 1.80. The zero-order chi connectivity index (χ0) is 12.7. The molecule has 0 aliphatic carbocycles. The highest BCUT2D eigenvalue weighted by atomic mass is 16.2. The standard InChI is InChI=1S/C11H22N4O2/c1-2-3-5-13-11(17)14-10(16)8-15-6-4-9(12)7-15/h9H,2-8,12H2,1H3,(H2,13,14,16,17)/t9-/m1/s1. The van der Waals surface area contributed by atoms with Crippen LogP contribution in [0.25, 0.3) is 0 Å². The van der Waals surface area contributed by atoms with E-state index in [0.29, 0.717) is 6.54 Å². The number of carbonyl (C=O) groups is 2. The molecule has 0 saturated carbocycles. The predicted molar refractivity (Wildman–Crippen MR) is 65.5 cm³/mol. The number of nitrogens with zero attached hydrogens (tertiary/aromatic N) is 1. The van der Waals surface area contributed by atoms with Crippen molar-refractivity contribution >= 4 is 11.9 Å². The van der Waals surface area contributed by atoms with E-state index in [0.717, 1.165) is 32.4 Å². The van der Waals surface area contributed by atoms with Crippen LogP contribution >= 0.6 is 0 Å². The van der Waals surface area contributed by atoms with E-state index in [1.165, 1.54) is 0 Å². The lowest BCUT2D eigenvalue weighted by molar-refractivity contribution is -0.120. The largest absolute Gasteiger partial charge is 0.338 e. The highest BCUT2D eigenvalue weighted by Gasteiger charge is 2.21. The van der Waals surface area contributed by atoms with Gasteiger partial charge in [0.05, 0.1) is 6.54 Å². The second kappa shape index (κ2) is 7.24. The van der Waals surface area contributed by atoms with Crippen molar-refractivity contribution in [2.75, 3.05) is 26.2 Å². The van der Waals surface area contributed by atoms with Crippen molar-refractivity contribution in [3.8, 4) is 0 Å². The van der Waals surface area contributed by atoms with Crippen LogP contribution in [0.5, 0.6) is 0 Å². The Morgan fingerprint density at radius 2 is 2.24 bits per heavy atom. The Hall–Kier alpha value is -1.14. The van der Waals surface area contributed by atoms with Gasteiger partial charge in [-0.2, -0.15) is 0 Å². The summed E-state index contributed by atoms with van der Waals surface area (Å²) >= 11 is 0. The van der Waals surface area contributed by atoms with E-state index in [9.17, 15) is 9.59 Å². The lowest BCUT2D eigenvalue weighted by atomic mass is 10.3. The fraction of sp³-hybridized carbons (Fsp3) is 0.818. The van der Waals surface area contributed by atoms with Gasteiger partial charge in [0.15, 0.2) is 0 Å². The van der Waals surface area contributed by atoms with Crippen LogP contribution in [0.15, 0.2) is 0 Å². The van der Waals surface area contributed by atoms with Crippen molar-refractivity contribution in [2.24, 2.45) is 5.73 Å². The van der Waals surface area contributed by atoms with Crippen molar-refractivity contribution in [1.29, 1.82) is 0 Å². The van der Waals surface area contributed by atoms with Crippen LogP contribution in [-0.4, -0.2) is 49.1 Å². The summed E-state index contributed by atoms with van der Waals surface area (Å²) in [6, 6.07) is -0.256. The van der Waals surface area contributed by atoms with E-state index >= 15 is 0 Å². The molecular weight excluding hydrogens is 220 g/mol. The first-order valence-corrected chi connectivity index (χ1v) is 6.17. The number of urea groups is 1. The molecule has 1 atom stereocenters. The van der Waals surface area contributed by atoms with Crippen LogP contribution in [-0.2, 0) is 4.79 Å². The number of nitrogens with one attached hydrogen (secondary N) is 2. The molecule has 0 radical (unpaired) electrons. The number of imide groups is 1. The van der Waals surface area contributed by atoms with Crippen molar-refractivity contribution in [2.45, 2.75) is 32.2 Å². The SMILES string of the molecule is CCCCNC(=O)NC(=O)CN1CC[C@@H](N)C1. The van der Waals surface area contributed by atoms with Crippen LogP contribution in [0.1, 0.15) is 26.2 Å². The minimum atomic E-state index is -0.410. The Labute approximate surface area is 102 Å². The van der Waals surface area contributed by atoms with Crippen molar-refractivity contribution < 1.29 is 9.59 Å². The van der Waals surface area contributed by atoms with Gasteiger partial charge in [-0.15, -0.1) is 0 Å². The van der Waals surface area contributed by atoms with Gasteiger partial charge in [0.25, 0.3) is 0 Å². The number of rotatable bonds is 5. The molecule has 0 spiro atoms. The number of unbranched alkanes of at least 4 members (excludes halogenated alkanes) is 1. The third-order valence-corrected chi connectivity index (χ3v) is 2.74. The van der Waals surface area contributed by atoms with Crippen molar-refractivity contribution in [3.63, 3.8) is 0 Å². The Kier molecular flexibility index (Phi) is 5.93. The topological polar surface area (TPSA) is 87.5 Å². The average Bonchev–Trinajstić information content (AvgIpc) is 2.64. The lowest BCUT2D eigenvalue weighted by Crippen LogP contribution is -2.44. The van der Waals surface area contributed by atoms with E-state index in [4.69, 9.17) is 5.73 Å². The van der Waals surface area contributed by atoms with Crippen molar-refractivity contribution in [1.82, 2.24) is 15.5 Å². The smallest absolute Gasteiger partial charge is 0.321 e. The molecule has 98 valence electrons. The van der Waals surface area contributed by atoms with Crippen LogP contribution in [0, 0.1) is 0 Å². The summed E-state index contributed by atoms with van der Waals surface area (Å²) in [7, 11) is 0. The molecule has 1 rings (SSSR count). The molecule has 17 heavy (non-hydrogen) atoms. The summed E-state index contributed by atoms with van der Waals surface area (Å²) in [5.41, 5.74) is 5.73. The minimum Gasteiger partial charge on any atom is -0.338 e. The number of amides is 3. The Bertz CT molecular complexity index is 270. The van der Waals surface area contributed by atoms with Crippen LogP contribution < -0.4 is 16.4 Å². The first kappa shape index (κ1) is 13.9. The van der Waals surface area contributed by atoms with Gasteiger partial charge in [0.2, 0.25) is 5.91 Å². The van der Waals surface area contributed by atoms with E-state index < -0.39 is 6.03 Å². The Morgan fingerprint density at radius 3 is 2.82 bits per heavy atom. The van der Waals surface area contributed by atoms with Gasteiger partial charge in [0.1, 0.15) is 0 Å². The molecule has 1 fully saturated rings. The maximum Gasteiger partial charge on any atom is 0.321 e. The molecule has 0 aromatic carbocycles. The second-order valence-electron chi connectivity index (χ2n) is 4.44. The lowest BCUT2D eigenvalue weighted by Gasteiger charge is -2.14. The van der Waals surface area contributed by atoms with Gasteiger partial charge in [-0.1, -0.05) is 13.3 Å². The Balaban J connectivity index is 2.13. The summed E-state index contributed by atoms with van der Waals surface area (Å²) in [5.74, 6) is -0.270. The highest BCUT2D eigenvalue weighted by molar-refractivity contribution is 5.95. The molecule has 0 unspecified atom stereocenters. The molecule has 0 bridgehead atoms. The molecule has 6 nitrogen and oxygen atoms in total. The predicted octanol–water partition coefficient (Wildman–Crippen LogP) is -0.355. The quantitative estimate of drug-likeness (QED) is 0.575. The average molecular weight is 242 g/mol. The van der Waals surface area contributed by atoms with E-state index in [-0.39, 0.29) is 18.5 Å². The molecule has 4 N–H and O–H groups in total. The zero-order valence-electron chi connectivity index (χ0n) is 10.4. The second-order valence-corrected chi connectivity index (χ2v) is 4.44. The van der Waals surface area contributed by atoms with E-state index in [1.807, 2.05) is 11.8 Å². The van der Waals surface area contributed by atoms with Gasteiger partial charge in [-0.05, 0) is 12.8 Å². The summed E-state index contributed by atoms with van der Waals surface area (Å²) in [4.78, 5) is 24.7. The van der Waals surface area contributed by atoms with Gasteiger partial charge >= 0.3 is 6.03 Å². The first-order chi connectivity index (χ1) is 8.11. The summed E-state index contributed by atoms with van der Waals surface area (Å²) in [5, 5.41) is 4.94. The third kappa shape index (κ3) is 5.65. The summed E-state index contributed by atoms with van der Waals surface area (Å²) in [6.07, 6.45) is 2.85. The number of nitrogens with two attached hydrogens (primary N) is 1. The molecule has 1 heterocycles. The molecule has 0 aromatic rings. The first-order valence-electron chi connectivity index (χ1n) is 6.17. The molecular formula is C11H22N4O2. The van der Waals surface area contributed by atoms with Gasteiger partial charge in [-0.3, -0.25) is 15.0 Å². The van der Waals surface area contributed by atoms with Gasteiger partial charge in [0, 0.05) is 25.7 Å². The molecule has 1 saturated heterocycles. The van der Waals surface area contributed by atoms with Gasteiger partial charge < -0.3 is 11.1 Å². The van der Waals surface area contributed by atoms with Crippen molar-refractivity contribution in [3.05, 3.63) is 0 Å². The molecule has 1 aliphatic rings. The Morgan fingerprint density at radius 1 is 1.47 bits per heavy atom.